The van der Waals surface area contributed by atoms with E-state index in [-0.39, 0.29) is 0 Å². The lowest BCUT2D eigenvalue weighted by Crippen LogP contribution is -2.64. The van der Waals surface area contributed by atoms with E-state index in [1.54, 1.807) is 0 Å². The molecule has 1 fully saturated rings. The summed E-state index contributed by atoms with van der Waals surface area (Å²) < 4.78 is 0. The molecule has 1 aliphatic rings. The van der Waals surface area contributed by atoms with E-state index in [1.165, 1.54) is 19.4 Å². The molecule has 1 aliphatic heterocycles. The first-order valence-electron chi connectivity index (χ1n) is 5.84. The molecule has 0 bridgehead atoms. The quantitative estimate of drug-likeness (QED) is 0.574. The molecule has 1 unspecified atom stereocenters. The van der Waals surface area contributed by atoms with Crippen LogP contribution in [0.25, 0.3) is 0 Å². The zero-order valence-electron chi connectivity index (χ0n) is 11.1. The highest BCUT2D eigenvalue weighted by atomic mass is 15.2. The summed E-state index contributed by atoms with van der Waals surface area (Å²) >= 11 is 0. The summed E-state index contributed by atoms with van der Waals surface area (Å²) in [5.74, 6) is 0. The molecule has 1 heterocycles. The van der Waals surface area contributed by atoms with E-state index in [2.05, 4.69) is 53.5 Å². The molecule has 1 heteroatoms. The van der Waals surface area contributed by atoms with E-state index in [1.807, 2.05) is 0 Å². The number of piperidine rings is 1. The molecule has 1 rings (SSSR count). The molecular weight excluding hydrogens is 170 g/mol. The molecule has 0 N–H and O–H groups in total. The maximum absolute atomic E-state index is 2.57. The summed E-state index contributed by atoms with van der Waals surface area (Å²) in [6, 6.07) is 0. The second-order valence-corrected chi connectivity index (χ2v) is 6.73. The second kappa shape index (κ2) is 3.23. The fourth-order valence-electron chi connectivity index (χ4n) is 3.33. The van der Waals surface area contributed by atoms with Gasteiger partial charge in [-0.25, -0.2) is 0 Å². The van der Waals surface area contributed by atoms with E-state index in [4.69, 9.17) is 0 Å². The summed E-state index contributed by atoms with van der Waals surface area (Å²) in [6.07, 6.45) is 2.69. The summed E-state index contributed by atoms with van der Waals surface area (Å²) in [7, 11) is 2.28. The monoisotopic (exact) mass is 197 g/mol. The summed E-state index contributed by atoms with van der Waals surface area (Å²) in [4.78, 5) is 2.57. The number of rotatable bonds is 0. The molecule has 1 saturated heterocycles. The number of hydrogen-bond acceptors (Lipinski definition) is 1. The smallest absolute Gasteiger partial charge is 0.0277 e. The Morgan fingerprint density at radius 2 is 1.57 bits per heavy atom. The third kappa shape index (κ3) is 1.50. The van der Waals surface area contributed by atoms with Crippen LogP contribution in [0, 0.1) is 10.8 Å². The lowest BCUT2D eigenvalue weighted by atomic mass is 9.56. The van der Waals surface area contributed by atoms with Crippen LogP contribution in [0.5, 0.6) is 0 Å². The Morgan fingerprint density at radius 1 is 1.07 bits per heavy atom. The molecule has 0 aliphatic carbocycles. The van der Waals surface area contributed by atoms with Gasteiger partial charge < -0.3 is 0 Å². The molecule has 0 aromatic rings. The molecule has 1 nitrogen and oxygen atoms in total. The molecule has 0 amide bonds. The van der Waals surface area contributed by atoms with E-state index in [9.17, 15) is 0 Å². The van der Waals surface area contributed by atoms with Gasteiger partial charge in [0, 0.05) is 5.54 Å². The maximum Gasteiger partial charge on any atom is 0.0277 e. The van der Waals surface area contributed by atoms with Crippen molar-refractivity contribution in [3.05, 3.63) is 0 Å². The van der Waals surface area contributed by atoms with Gasteiger partial charge in [-0.2, -0.15) is 0 Å². The zero-order chi connectivity index (χ0) is 11.2. The third-order valence-corrected chi connectivity index (χ3v) is 4.84. The van der Waals surface area contributed by atoms with Crippen LogP contribution in [0.4, 0.5) is 0 Å². The van der Waals surface area contributed by atoms with Crippen molar-refractivity contribution in [3.8, 4) is 0 Å². The Labute approximate surface area is 89.9 Å². The standard InChI is InChI=1S/C13H27N/c1-11(2,3)13(6)12(4,5)9-8-10-14(13)7/h8-10H2,1-7H3. The number of likely N-dealkylation sites (tertiary alicyclic amines) is 1. The second-order valence-electron chi connectivity index (χ2n) is 6.73. The van der Waals surface area contributed by atoms with E-state index in [0.717, 1.165) is 0 Å². The van der Waals surface area contributed by atoms with Crippen molar-refractivity contribution in [3.63, 3.8) is 0 Å². The van der Waals surface area contributed by atoms with Gasteiger partial charge in [-0.15, -0.1) is 0 Å². The van der Waals surface area contributed by atoms with Crippen molar-refractivity contribution < 1.29 is 0 Å². The van der Waals surface area contributed by atoms with Gasteiger partial charge in [0.2, 0.25) is 0 Å². The first-order chi connectivity index (χ1) is 6.13. The van der Waals surface area contributed by atoms with E-state index in [0.29, 0.717) is 16.4 Å². The molecule has 0 aromatic carbocycles. The van der Waals surface area contributed by atoms with Crippen molar-refractivity contribution >= 4 is 0 Å². The Hall–Kier alpha value is -0.0400. The van der Waals surface area contributed by atoms with Gasteiger partial charge in [-0.1, -0.05) is 34.6 Å². The third-order valence-electron chi connectivity index (χ3n) is 4.84. The van der Waals surface area contributed by atoms with Crippen LogP contribution in [-0.2, 0) is 0 Å². The van der Waals surface area contributed by atoms with Crippen LogP contribution in [-0.4, -0.2) is 24.0 Å². The van der Waals surface area contributed by atoms with Crippen LogP contribution >= 0.6 is 0 Å². The fraction of sp³-hybridized carbons (Fsp3) is 1.00. The Bertz CT molecular complexity index is 212. The fourth-order valence-corrected chi connectivity index (χ4v) is 3.33. The van der Waals surface area contributed by atoms with Crippen LogP contribution in [0.15, 0.2) is 0 Å². The van der Waals surface area contributed by atoms with Crippen LogP contribution in [0.3, 0.4) is 0 Å². The average Bonchev–Trinajstić information content (AvgIpc) is 1.97. The molecular formula is C13H27N. The maximum atomic E-state index is 2.57. The SMILES string of the molecule is CN1CCCC(C)(C)C1(C)C(C)(C)C. The molecule has 1 atom stereocenters. The molecule has 0 aromatic heterocycles. The first kappa shape index (κ1) is 12.0. The molecule has 14 heavy (non-hydrogen) atoms. The Balaban J connectivity index is 3.12. The van der Waals surface area contributed by atoms with E-state index < -0.39 is 0 Å². The van der Waals surface area contributed by atoms with Gasteiger partial charge in [0.25, 0.3) is 0 Å². The summed E-state index contributed by atoms with van der Waals surface area (Å²) in [6.45, 7) is 15.6. The predicted octanol–water partition coefficient (Wildman–Crippen LogP) is 3.54. The summed E-state index contributed by atoms with van der Waals surface area (Å²) in [5, 5.41) is 0. The van der Waals surface area contributed by atoms with Crippen molar-refractivity contribution in [2.24, 2.45) is 10.8 Å². The van der Waals surface area contributed by atoms with Gasteiger partial charge in [-0.3, -0.25) is 4.90 Å². The molecule has 84 valence electrons. The molecule has 0 radical (unpaired) electrons. The van der Waals surface area contributed by atoms with Crippen LogP contribution < -0.4 is 0 Å². The predicted molar refractivity (Wildman–Crippen MR) is 63.5 cm³/mol. The summed E-state index contributed by atoms with van der Waals surface area (Å²) in [5.41, 5.74) is 1.06. The largest absolute Gasteiger partial charge is 0.300 e. The highest BCUT2D eigenvalue weighted by Crippen LogP contribution is 2.52. The van der Waals surface area contributed by atoms with Crippen molar-refractivity contribution in [2.75, 3.05) is 13.6 Å². The van der Waals surface area contributed by atoms with Crippen LogP contribution in [0.1, 0.15) is 54.4 Å². The lowest BCUT2D eigenvalue weighted by Gasteiger charge is -2.60. The molecule has 0 spiro atoms. The van der Waals surface area contributed by atoms with Gasteiger partial charge in [0.1, 0.15) is 0 Å². The van der Waals surface area contributed by atoms with Gasteiger partial charge in [0.15, 0.2) is 0 Å². The highest BCUT2D eigenvalue weighted by Gasteiger charge is 2.53. The van der Waals surface area contributed by atoms with Crippen molar-refractivity contribution in [1.29, 1.82) is 0 Å². The van der Waals surface area contributed by atoms with Crippen molar-refractivity contribution in [2.45, 2.75) is 59.9 Å². The van der Waals surface area contributed by atoms with E-state index >= 15 is 0 Å². The Kier molecular flexibility index (Phi) is 2.78. The van der Waals surface area contributed by atoms with Crippen LogP contribution in [0.2, 0.25) is 0 Å². The zero-order valence-corrected chi connectivity index (χ0v) is 11.1. The van der Waals surface area contributed by atoms with Gasteiger partial charge in [-0.05, 0) is 44.2 Å². The van der Waals surface area contributed by atoms with Gasteiger partial charge >= 0.3 is 0 Å². The lowest BCUT2D eigenvalue weighted by molar-refractivity contribution is -0.0983. The highest BCUT2D eigenvalue weighted by molar-refractivity contribution is 5.07. The van der Waals surface area contributed by atoms with Gasteiger partial charge in [0.05, 0.1) is 0 Å². The number of nitrogens with zero attached hydrogens (tertiary/aromatic N) is 1. The number of hydrogen-bond donors (Lipinski definition) is 0. The topological polar surface area (TPSA) is 3.24 Å². The normalized spacial score (nSPS) is 34.5. The minimum Gasteiger partial charge on any atom is -0.300 e. The average molecular weight is 197 g/mol. The minimum absolute atomic E-state index is 0.304. The molecule has 0 saturated carbocycles. The Morgan fingerprint density at radius 3 is 1.86 bits per heavy atom. The first-order valence-corrected chi connectivity index (χ1v) is 5.84. The van der Waals surface area contributed by atoms with Crippen molar-refractivity contribution in [1.82, 2.24) is 4.90 Å². The minimum atomic E-state index is 0.304.